The summed E-state index contributed by atoms with van der Waals surface area (Å²) < 4.78 is 0. The topological polar surface area (TPSA) is 15.3 Å². The summed E-state index contributed by atoms with van der Waals surface area (Å²) in [5, 5.41) is 3.73. The van der Waals surface area contributed by atoms with Gasteiger partial charge in [-0.2, -0.15) is 0 Å². The smallest absolute Gasteiger partial charge is 0.0535 e. The summed E-state index contributed by atoms with van der Waals surface area (Å²) >= 11 is 0. The molecule has 2 rings (SSSR count). The van der Waals surface area contributed by atoms with Crippen molar-refractivity contribution in [2.24, 2.45) is 0 Å². The quantitative estimate of drug-likeness (QED) is 0.846. The van der Waals surface area contributed by atoms with E-state index in [2.05, 4.69) is 60.3 Å². The molecule has 0 radical (unpaired) electrons. The molecule has 108 valence electrons. The third-order valence-corrected chi connectivity index (χ3v) is 4.41. The van der Waals surface area contributed by atoms with Gasteiger partial charge in [-0.1, -0.05) is 37.3 Å². The summed E-state index contributed by atoms with van der Waals surface area (Å²) in [5.41, 5.74) is 1.38. The number of hydrogen-bond acceptors (Lipinski definition) is 2. The lowest BCUT2D eigenvalue weighted by Gasteiger charge is -2.37. The SMILES string of the molecule is C#CCC(CC)N1CCCNC(C)(c2ccccc2)C1. The van der Waals surface area contributed by atoms with E-state index in [1.807, 2.05) is 0 Å². The zero-order valence-corrected chi connectivity index (χ0v) is 12.7. The molecule has 0 saturated carbocycles. The Kier molecular flexibility index (Phi) is 5.23. The maximum absolute atomic E-state index is 5.54. The number of hydrogen-bond donors (Lipinski definition) is 1. The van der Waals surface area contributed by atoms with Crippen LogP contribution >= 0.6 is 0 Å². The molecule has 2 unspecified atom stereocenters. The number of rotatable bonds is 4. The van der Waals surface area contributed by atoms with E-state index in [1.165, 1.54) is 12.0 Å². The number of nitrogens with zero attached hydrogens (tertiary/aromatic N) is 1. The Balaban J connectivity index is 2.20. The van der Waals surface area contributed by atoms with E-state index < -0.39 is 0 Å². The van der Waals surface area contributed by atoms with Crippen LogP contribution in [0.1, 0.15) is 38.7 Å². The van der Waals surface area contributed by atoms with Crippen molar-refractivity contribution in [2.45, 2.75) is 44.7 Å². The van der Waals surface area contributed by atoms with Crippen molar-refractivity contribution in [3.05, 3.63) is 35.9 Å². The van der Waals surface area contributed by atoms with Gasteiger partial charge in [0.2, 0.25) is 0 Å². The van der Waals surface area contributed by atoms with Crippen LogP contribution in [0.4, 0.5) is 0 Å². The number of benzene rings is 1. The van der Waals surface area contributed by atoms with Crippen LogP contribution in [0.15, 0.2) is 30.3 Å². The fourth-order valence-corrected chi connectivity index (χ4v) is 3.17. The second kappa shape index (κ2) is 6.92. The minimum Gasteiger partial charge on any atom is -0.307 e. The van der Waals surface area contributed by atoms with Gasteiger partial charge in [0.15, 0.2) is 0 Å². The highest BCUT2D eigenvalue weighted by Gasteiger charge is 2.32. The molecule has 1 heterocycles. The van der Waals surface area contributed by atoms with E-state index in [0.717, 1.165) is 32.5 Å². The fourth-order valence-electron chi connectivity index (χ4n) is 3.17. The monoisotopic (exact) mass is 270 g/mol. The molecule has 1 aliphatic heterocycles. The number of nitrogens with one attached hydrogen (secondary N) is 1. The molecule has 20 heavy (non-hydrogen) atoms. The van der Waals surface area contributed by atoms with Crippen molar-refractivity contribution in [1.82, 2.24) is 10.2 Å². The molecule has 0 aliphatic carbocycles. The van der Waals surface area contributed by atoms with Gasteiger partial charge in [0.1, 0.15) is 0 Å². The third kappa shape index (κ3) is 3.42. The highest BCUT2D eigenvalue weighted by atomic mass is 15.2. The van der Waals surface area contributed by atoms with Gasteiger partial charge in [-0.05, 0) is 38.4 Å². The van der Waals surface area contributed by atoms with Gasteiger partial charge in [0.25, 0.3) is 0 Å². The molecule has 1 fully saturated rings. The standard InChI is InChI=1S/C18H26N2/c1-4-10-17(5-2)20-14-9-13-19-18(3,15-20)16-11-7-6-8-12-16/h1,6-8,11-12,17,19H,5,9-10,13-15H2,2-3H3. The molecular weight excluding hydrogens is 244 g/mol. The molecule has 0 spiro atoms. The lowest BCUT2D eigenvalue weighted by atomic mass is 9.91. The van der Waals surface area contributed by atoms with Gasteiger partial charge in [-0.25, -0.2) is 0 Å². The maximum Gasteiger partial charge on any atom is 0.0535 e. The predicted molar refractivity (Wildman–Crippen MR) is 85.5 cm³/mol. The largest absolute Gasteiger partial charge is 0.307 e. The zero-order valence-electron chi connectivity index (χ0n) is 12.7. The van der Waals surface area contributed by atoms with E-state index in [4.69, 9.17) is 6.42 Å². The van der Waals surface area contributed by atoms with Crippen LogP contribution in [0.3, 0.4) is 0 Å². The fraction of sp³-hybridized carbons (Fsp3) is 0.556. The second-order valence-electron chi connectivity index (χ2n) is 5.92. The van der Waals surface area contributed by atoms with Crippen molar-refractivity contribution in [2.75, 3.05) is 19.6 Å². The van der Waals surface area contributed by atoms with E-state index in [1.54, 1.807) is 0 Å². The van der Waals surface area contributed by atoms with E-state index in [0.29, 0.717) is 6.04 Å². The molecule has 1 saturated heterocycles. The van der Waals surface area contributed by atoms with Crippen LogP contribution < -0.4 is 5.32 Å². The molecule has 0 bridgehead atoms. The lowest BCUT2D eigenvalue weighted by molar-refractivity contribution is 0.159. The van der Waals surface area contributed by atoms with Crippen LogP contribution in [0.25, 0.3) is 0 Å². The van der Waals surface area contributed by atoms with E-state index in [-0.39, 0.29) is 5.54 Å². The second-order valence-corrected chi connectivity index (χ2v) is 5.92. The highest BCUT2D eigenvalue weighted by Crippen LogP contribution is 2.26. The summed E-state index contributed by atoms with van der Waals surface area (Å²) in [4.78, 5) is 2.58. The Labute approximate surface area is 123 Å². The summed E-state index contributed by atoms with van der Waals surface area (Å²) in [6.07, 6.45) is 8.69. The Hall–Kier alpha value is -1.30. The minimum absolute atomic E-state index is 0.0137. The zero-order chi connectivity index (χ0) is 14.4. The molecule has 1 aliphatic rings. The summed E-state index contributed by atoms with van der Waals surface area (Å²) in [7, 11) is 0. The molecule has 0 aromatic heterocycles. The molecule has 2 atom stereocenters. The first-order valence-corrected chi connectivity index (χ1v) is 7.67. The highest BCUT2D eigenvalue weighted by molar-refractivity contribution is 5.24. The first-order valence-electron chi connectivity index (χ1n) is 7.67. The van der Waals surface area contributed by atoms with Crippen molar-refractivity contribution in [3.8, 4) is 12.3 Å². The molecular formula is C18H26N2. The average molecular weight is 270 g/mol. The minimum atomic E-state index is 0.0137. The van der Waals surface area contributed by atoms with Crippen LogP contribution in [0, 0.1) is 12.3 Å². The molecule has 0 amide bonds. The van der Waals surface area contributed by atoms with Crippen molar-refractivity contribution in [1.29, 1.82) is 0 Å². The van der Waals surface area contributed by atoms with Gasteiger partial charge in [0, 0.05) is 19.0 Å². The Morgan fingerprint density at radius 2 is 2.15 bits per heavy atom. The van der Waals surface area contributed by atoms with Crippen molar-refractivity contribution >= 4 is 0 Å². The molecule has 1 aromatic rings. The van der Waals surface area contributed by atoms with Crippen molar-refractivity contribution < 1.29 is 0 Å². The first kappa shape index (κ1) is 15.1. The lowest BCUT2D eigenvalue weighted by Crippen LogP contribution is -2.49. The molecule has 1 N–H and O–H groups in total. The van der Waals surface area contributed by atoms with Crippen LogP contribution in [-0.2, 0) is 5.54 Å². The van der Waals surface area contributed by atoms with Gasteiger partial charge >= 0.3 is 0 Å². The van der Waals surface area contributed by atoms with Gasteiger partial charge in [-0.3, -0.25) is 4.90 Å². The van der Waals surface area contributed by atoms with E-state index >= 15 is 0 Å². The average Bonchev–Trinajstić information content (AvgIpc) is 2.68. The summed E-state index contributed by atoms with van der Waals surface area (Å²) in [6.45, 7) is 7.77. The third-order valence-electron chi connectivity index (χ3n) is 4.41. The van der Waals surface area contributed by atoms with Crippen molar-refractivity contribution in [3.63, 3.8) is 0 Å². The first-order chi connectivity index (χ1) is 9.69. The summed E-state index contributed by atoms with van der Waals surface area (Å²) in [5.74, 6) is 2.84. The Morgan fingerprint density at radius 1 is 1.40 bits per heavy atom. The maximum atomic E-state index is 5.54. The number of terminal acetylenes is 1. The Bertz CT molecular complexity index is 448. The molecule has 2 nitrogen and oxygen atoms in total. The molecule has 2 heteroatoms. The van der Waals surface area contributed by atoms with Gasteiger partial charge in [-0.15, -0.1) is 12.3 Å². The summed E-state index contributed by atoms with van der Waals surface area (Å²) in [6, 6.07) is 11.3. The van der Waals surface area contributed by atoms with Crippen LogP contribution in [0.5, 0.6) is 0 Å². The predicted octanol–water partition coefficient (Wildman–Crippen LogP) is 3.00. The van der Waals surface area contributed by atoms with E-state index in [9.17, 15) is 0 Å². The van der Waals surface area contributed by atoms with Gasteiger partial charge < -0.3 is 5.32 Å². The normalized spacial score (nSPS) is 25.6. The van der Waals surface area contributed by atoms with Gasteiger partial charge in [0.05, 0.1) is 5.54 Å². The Morgan fingerprint density at radius 3 is 2.80 bits per heavy atom. The molecule has 1 aromatic carbocycles. The van der Waals surface area contributed by atoms with Crippen LogP contribution in [0.2, 0.25) is 0 Å². The van der Waals surface area contributed by atoms with Crippen LogP contribution in [-0.4, -0.2) is 30.6 Å².